The van der Waals surface area contributed by atoms with Gasteiger partial charge in [-0.25, -0.2) is 0 Å². The molecular weight excluding hydrogens is 164 g/mol. The van der Waals surface area contributed by atoms with Crippen molar-refractivity contribution in [2.75, 3.05) is 0 Å². The third-order valence-corrected chi connectivity index (χ3v) is 2.79. The lowest BCUT2D eigenvalue weighted by molar-refractivity contribution is -0.145. The fraction of sp³-hybridized carbons (Fsp3) is 0.818. The van der Waals surface area contributed by atoms with Crippen LogP contribution < -0.4 is 0 Å². The van der Waals surface area contributed by atoms with E-state index in [2.05, 4.69) is 13.8 Å². The normalized spacial score (nSPS) is 29.8. The van der Waals surface area contributed by atoms with Crippen molar-refractivity contribution in [1.82, 2.24) is 0 Å². The van der Waals surface area contributed by atoms with Crippen LogP contribution >= 0.6 is 0 Å². The highest BCUT2D eigenvalue weighted by molar-refractivity contribution is 6.39. The van der Waals surface area contributed by atoms with E-state index in [9.17, 15) is 9.59 Å². The first kappa shape index (κ1) is 10.4. The van der Waals surface area contributed by atoms with Crippen LogP contribution in [0.25, 0.3) is 0 Å². The van der Waals surface area contributed by atoms with E-state index < -0.39 is 0 Å². The van der Waals surface area contributed by atoms with Gasteiger partial charge in [0.2, 0.25) is 5.78 Å². The first-order valence-electron chi connectivity index (χ1n) is 5.03. The van der Waals surface area contributed by atoms with Crippen molar-refractivity contribution in [3.63, 3.8) is 0 Å². The van der Waals surface area contributed by atoms with Gasteiger partial charge in [-0.15, -0.1) is 0 Å². The minimum absolute atomic E-state index is 0.132. The number of carbonyl (C=O) groups excluding carboxylic acids is 2. The molecule has 0 saturated heterocycles. The van der Waals surface area contributed by atoms with E-state index >= 15 is 0 Å². The molecule has 0 aromatic carbocycles. The molecule has 0 amide bonds. The summed E-state index contributed by atoms with van der Waals surface area (Å²) in [6.07, 6.45) is 3.08. The molecule has 1 aliphatic rings. The van der Waals surface area contributed by atoms with Gasteiger partial charge in [-0.2, -0.15) is 0 Å². The Labute approximate surface area is 79.7 Å². The van der Waals surface area contributed by atoms with Crippen molar-refractivity contribution in [3.05, 3.63) is 0 Å². The summed E-state index contributed by atoms with van der Waals surface area (Å²) in [7, 11) is 0. The monoisotopic (exact) mass is 182 g/mol. The van der Waals surface area contributed by atoms with Gasteiger partial charge < -0.3 is 0 Å². The van der Waals surface area contributed by atoms with E-state index in [0.717, 1.165) is 19.3 Å². The van der Waals surface area contributed by atoms with Crippen molar-refractivity contribution in [2.24, 2.45) is 11.3 Å². The van der Waals surface area contributed by atoms with Crippen molar-refractivity contribution in [3.8, 4) is 0 Å². The van der Waals surface area contributed by atoms with Gasteiger partial charge in [0.25, 0.3) is 0 Å². The maximum Gasteiger partial charge on any atom is 0.204 e. The molecule has 1 atom stereocenters. The van der Waals surface area contributed by atoms with Crippen LogP contribution in [-0.2, 0) is 9.59 Å². The predicted molar refractivity (Wildman–Crippen MR) is 51.4 cm³/mol. The van der Waals surface area contributed by atoms with Gasteiger partial charge in [-0.3, -0.25) is 9.59 Å². The molecule has 0 heterocycles. The van der Waals surface area contributed by atoms with Gasteiger partial charge in [-0.1, -0.05) is 20.8 Å². The summed E-state index contributed by atoms with van der Waals surface area (Å²) in [4.78, 5) is 22.9. The van der Waals surface area contributed by atoms with Crippen molar-refractivity contribution in [2.45, 2.75) is 46.5 Å². The van der Waals surface area contributed by atoms with Crippen LogP contribution in [0.1, 0.15) is 46.5 Å². The number of ketones is 2. The topological polar surface area (TPSA) is 34.1 Å². The van der Waals surface area contributed by atoms with E-state index in [4.69, 9.17) is 0 Å². The number of rotatable bonds is 2. The van der Waals surface area contributed by atoms with E-state index in [1.807, 2.05) is 6.92 Å². The Bertz CT molecular complexity index is 230. The van der Waals surface area contributed by atoms with Gasteiger partial charge in [0.1, 0.15) is 0 Å². The molecule has 2 heteroatoms. The lowest BCUT2D eigenvalue weighted by Crippen LogP contribution is -2.38. The van der Waals surface area contributed by atoms with Crippen LogP contribution in [0.3, 0.4) is 0 Å². The summed E-state index contributed by atoms with van der Waals surface area (Å²) < 4.78 is 0. The minimum Gasteiger partial charge on any atom is -0.291 e. The summed E-state index contributed by atoms with van der Waals surface area (Å²) in [5.41, 5.74) is -0.358. The minimum atomic E-state index is -0.358. The molecule has 1 aliphatic carbocycles. The molecule has 74 valence electrons. The highest BCUT2D eigenvalue weighted by atomic mass is 16.2. The standard InChI is InChI=1S/C11H18O2/c1-8(2)7-11(3)6-4-5-9(12)10(11)13/h8H,4-7H2,1-3H3. The van der Waals surface area contributed by atoms with Gasteiger partial charge in [-0.05, 0) is 25.2 Å². The van der Waals surface area contributed by atoms with Crippen molar-refractivity contribution < 1.29 is 9.59 Å². The molecule has 1 saturated carbocycles. The smallest absolute Gasteiger partial charge is 0.204 e. The van der Waals surface area contributed by atoms with Gasteiger partial charge in [0.05, 0.1) is 0 Å². The first-order chi connectivity index (χ1) is 5.96. The maximum absolute atomic E-state index is 11.6. The van der Waals surface area contributed by atoms with Gasteiger partial charge in [0, 0.05) is 11.8 Å². The number of carbonyl (C=O) groups is 2. The van der Waals surface area contributed by atoms with Crippen LogP contribution in [0, 0.1) is 11.3 Å². The third kappa shape index (κ3) is 2.17. The molecule has 1 rings (SSSR count). The number of hydrogen-bond donors (Lipinski definition) is 0. The second kappa shape index (κ2) is 3.60. The SMILES string of the molecule is CC(C)CC1(C)CCCC(=O)C1=O. The average Bonchev–Trinajstić information content (AvgIpc) is 1.99. The lowest BCUT2D eigenvalue weighted by atomic mass is 9.69. The molecule has 1 fully saturated rings. The summed E-state index contributed by atoms with van der Waals surface area (Å²) in [6.45, 7) is 6.13. The highest BCUT2D eigenvalue weighted by Gasteiger charge is 2.40. The second-order valence-corrected chi connectivity index (χ2v) is 4.76. The van der Waals surface area contributed by atoms with Gasteiger partial charge in [0.15, 0.2) is 5.78 Å². The molecular formula is C11H18O2. The van der Waals surface area contributed by atoms with Crippen molar-refractivity contribution >= 4 is 11.6 Å². The second-order valence-electron chi connectivity index (χ2n) is 4.76. The zero-order valence-electron chi connectivity index (χ0n) is 8.72. The van der Waals surface area contributed by atoms with Crippen molar-refractivity contribution in [1.29, 1.82) is 0 Å². The molecule has 0 aliphatic heterocycles. The summed E-state index contributed by atoms with van der Waals surface area (Å²) in [5.74, 6) is 0.196. The summed E-state index contributed by atoms with van der Waals surface area (Å²) >= 11 is 0. The molecule has 13 heavy (non-hydrogen) atoms. The fourth-order valence-corrected chi connectivity index (χ4v) is 2.30. The molecule has 0 N–H and O–H groups in total. The zero-order valence-corrected chi connectivity index (χ0v) is 8.72. The predicted octanol–water partition coefficient (Wildman–Crippen LogP) is 2.36. The third-order valence-electron chi connectivity index (χ3n) is 2.79. The summed E-state index contributed by atoms with van der Waals surface area (Å²) in [6, 6.07) is 0. The fourth-order valence-electron chi connectivity index (χ4n) is 2.30. The number of hydrogen-bond acceptors (Lipinski definition) is 2. The molecule has 0 radical (unpaired) electrons. The molecule has 0 aromatic heterocycles. The molecule has 0 aromatic rings. The Kier molecular flexibility index (Phi) is 2.89. The molecule has 0 bridgehead atoms. The van der Waals surface area contributed by atoms with E-state index in [-0.39, 0.29) is 17.0 Å². The lowest BCUT2D eigenvalue weighted by Gasteiger charge is -2.32. The Morgan fingerprint density at radius 1 is 1.38 bits per heavy atom. The Morgan fingerprint density at radius 3 is 2.54 bits per heavy atom. The van der Waals surface area contributed by atoms with Crippen LogP contribution in [0.15, 0.2) is 0 Å². The Morgan fingerprint density at radius 2 is 2.00 bits per heavy atom. The first-order valence-corrected chi connectivity index (χ1v) is 5.03. The Balaban J connectivity index is 2.75. The van der Waals surface area contributed by atoms with Crippen LogP contribution in [0.5, 0.6) is 0 Å². The Hall–Kier alpha value is -0.660. The zero-order chi connectivity index (χ0) is 10.1. The number of Topliss-reactive ketones (excluding diaryl/α,β-unsaturated/α-hetero) is 2. The summed E-state index contributed by atoms with van der Waals surface area (Å²) in [5, 5.41) is 0. The van der Waals surface area contributed by atoms with Crippen LogP contribution in [0.2, 0.25) is 0 Å². The van der Waals surface area contributed by atoms with Gasteiger partial charge >= 0.3 is 0 Å². The average molecular weight is 182 g/mol. The maximum atomic E-state index is 11.6. The molecule has 2 nitrogen and oxygen atoms in total. The quantitative estimate of drug-likeness (QED) is 0.614. The molecule has 0 spiro atoms. The van der Waals surface area contributed by atoms with E-state index in [1.54, 1.807) is 0 Å². The molecule has 1 unspecified atom stereocenters. The van der Waals surface area contributed by atoms with E-state index in [1.165, 1.54) is 0 Å². The van der Waals surface area contributed by atoms with E-state index in [0.29, 0.717) is 12.3 Å². The van der Waals surface area contributed by atoms with Crippen LogP contribution in [0.4, 0.5) is 0 Å². The highest BCUT2D eigenvalue weighted by Crippen LogP contribution is 2.36. The van der Waals surface area contributed by atoms with Crippen LogP contribution in [-0.4, -0.2) is 11.6 Å². The largest absolute Gasteiger partial charge is 0.291 e.